The average molecular weight is 538 g/mol. The summed E-state index contributed by atoms with van der Waals surface area (Å²) in [5.74, 6) is 0.512. The maximum atomic E-state index is 12.8. The number of likely N-dealkylation sites (N-methyl/N-ethyl adjacent to an activating group) is 1. The SMILES string of the molecule is CN1CCc2nc(NC(=O)[C@H]3CC[C@@H](n4cnc5c(N)nc(I)nc54)CC3)sc2C1. The van der Waals surface area contributed by atoms with Crippen molar-refractivity contribution in [3.8, 4) is 0 Å². The molecular weight excluding hydrogens is 515 g/mol. The monoisotopic (exact) mass is 538 g/mol. The molecule has 1 aliphatic heterocycles. The fourth-order valence-electron chi connectivity index (χ4n) is 4.38. The zero-order valence-corrected chi connectivity index (χ0v) is 19.6. The zero-order valence-electron chi connectivity index (χ0n) is 16.6. The Balaban J connectivity index is 1.24. The Labute approximate surface area is 191 Å². The van der Waals surface area contributed by atoms with Crippen molar-refractivity contribution in [3.05, 3.63) is 20.7 Å². The molecule has 158 valence electrons. The first-order valence-electron chi connectivity index (χ1n) is 10.1. The van der Waals surface area contributed by atoms with Crippen molar-refractivity contribution in [1.29, 1.82) is 0 Å². The van der Waals surface area contributed by atoms with E-state index in [0.717, 1.165) is 61.7 Å². The van der Waals surface area contributed by atoms with Crippen molar-refractivity contribution in [1.82, 2.24) is 29.4 Å². The molecule has 0 saturated heterocycles. The first-order valence-corrected chi connectivity index (χ1v) is 12.0. The fourth-order valence-corrected chi connectivity index (χ4v) is 5.96. The molecule has 4 heterocycles. The van der Waals surface area contributed by atoms with Gasteiger partial charge in [-0.25, -0.2) is 19.9 Å². The highest BCUT2D eigenvalue weighted by atomic mass is 127. The number of carbonyl (C=O) groups is 1. The molecule has 30 heavy (non-hydrogen) atoms. The van der Waals surface area contributed by atoms with Gasteiger partial charge in [-0.15, -0.1) is 11.3 Å². The van der Waals surface area contributed by atoms with Crippen molar-refractivity contribution >= 4 is 61.9 Å². The number of carbonyl (C=O) groups excluding carboxylic acids is 1. The maximum absolute atomic E-state index is 12.8. The Morgan fingerprint density at radius 2 is 2.07 bits per heavy atom. The van der Waals surface area contributed by atoms with E-state index in [0.29, 0.717) is 15.2 Å². The molecule has 0 bridgehead atoms. The van der Waals surface area contributed by atoms with Gasteiger partial charge in [-0.2, -0.15) is 0 Å². The standard InChI is InChI=1S/C19H23IN8OS/c1-27-7-6-12-13(8-27)30-19(23-12)26-17(29)10-2-4-11(5-3-10)28-9-22-14-15(21)24-18(20)25-16(14)28/h9-11H,2-8H2,1H3,(H2,21,24,25)(H,23,26,29)/t10-,11+. The van der Waals surface area contributed by atoms with Crippen LogP contribution in [0.25, 0.3) is 11.2 Å². The summed E-state index contributed by atoms with van der Waals surface area (Å²) < 4.78 is 2.71. The molecule has 0 spiro atoms. The Hall–Kier alpha value is -1.86. The van der Waals surface area contributed by atoms with Gasteiger partial charge in [0.25, 0.3) is 0 Å². The lowest BCUT2D eigenvalue weighted by Crippen LogP contribution is -2.28. The molecule has 2 aliphatic rings. The molecule has 1 aliphatic carbocycles. The summed E-state index contributed by atoms with van der Waals surface area (Å²) in [4.78, 5) is 34.1. The van der Waals surface area contributed by atoms with E-state index < -0.39 is 0 Å². The molecule has 1 fully saturated rings. The second kappa shape index (κ2) is 8.00. The largest absolute Gasteiger partial charge is 0.382 e. The van der Waals surface area contributed by atoms with Crippen LogP contribution in [-0.4, -0.2) is 48.9 Å². The van der Waals surface area contributed by atoms with Crippen LogP contribution in [0.15, 0.2) is 6.33 Å². The van der Waals surface area contributed by atoms with E-state index in [4.69, 9.17) is 5.73 Å². The Bertz CT molecular complexity index is 1100. The number of halogens is 1. The molecule has 3 aromatic rings. The number of aromatic nitrogens is 5. The van der Waals surface area contributed by atoms with E-state index in [9.17, 15) is 4.79 Å². The van der Waals surface area contributed by atoms with Crippen LogP contribution in [0, 0.1) is 9.75 Å². The lowest BCUT2D eigenvalue weighted by Gasteiger charge is -2.28. The molecule has 11 heteroatoms. The molecule has 0 unspecified atom stereocenters. The number of hydrogen-bond donors (Lipinski definition) is 2. The molecule has 1 amide bonds. The number of anilines is 2. The molecule has 3 N–H and O–H groups in total. The number of fused-ring (bicyclic) bond motifs is 2. The summed E-state index contributed by atoms with van der Waals surface area (Å²) >= 11 is 3.68. The van der Waals surface area contributed by atoms with E-state index >= 15 is 0 Å². The topological polar surface area (TPSA) is 115 Å². The Morgan fingerprint density at radius 3 is 2.87 bits per heavy atom. The van der Waals surface area contributed by atoms with Crippen molar-refractivity contribution in [3.63, 3.8) is 0 Å². The normalized spacial score (nSPS) is 22.2. The van der Waals surface area contributed by atoms with E-state index in [1.165, 1.54) is 4.88 Å². The lowest BCUT2D eigenvalue weighted by atomic mass is 9.85. The summed E-state index contributed by atoms with van der Waals surface area (Å²) in [6.45, 7) is 1.94. The van der Waals surface area contributed by atoms with Gasteiger partial charge in [0.2, 0.25) is 5.91 Å². The third kappa shape index (κ3) is 3.78. The highest BCUT2D eigenvalue weighted by Gasteiger charge is 2.29. The van der Waals surface area contributed by atoms with E-state index in [-0.39, 0.29) is 17.9 Å². The third-order valence-corrected chi connectivity index (χ3v) is 7.51. The minimum atomic E-state index is 0.0134. The number of thiazole rings is 1. The second-order valence-corrected chi connectivity index (χ2v) is 10.1. The smallest absolute Gasteiger partial charge is 0.229 e. The maximum Gasteiger partial charge on any atom is 0.229 e. The highest BCUT2D eigenvalue weighted by Crippen LogP contribution is 2.35. The number of hydrogen-bond acceptors (Lipinski definition) is 8. The summed E-state index contributed by atoms with van der Waals surface area (Å²) in [6.07, 6.45) is 6.23. The quantitative estimate of drug-likeness (QED) is 0.389. The number of rotatable bonds is 3. The van der Waals surface area contributed by atoms with Gasteiger partial charge in [0.15, 0.2) is 20.4 Å². The molecule has 0 aromatic carbocycles. The highest BCUT2D eigenvalue weighted by molar-refractivity contribution is 14.1. The van der Waals surface area contributed by atoms with Gasteiger partial charge >= 0.3 is 0 Å². The van der Waals surface area contributed by atoms with Crippen molar-refractivity contribution in [2.24, 2.45) is 5.92 Å². The Kier molecular flexibility index (Phi) is 5.35. The van der Waals surface area contributed by atoms with Gasteiger partial charge in [-0.3, -0.25) is 4.79 Å². The van der Waals surface area contributed by atoms with Crippen LogP contribution >= 0.6 is 33.9 Å². The van der Waals surface area contributed by atoms with Crippen LogP contribution in [0.2, 0.25) is 0 Å². The third-order valence-electron chi connectivity index (χ3n) is 6.03. The average Bonchev–Trinajstić information content (AvgIpc) is 3.31. The van der Waals surface area contributed by atoms with Crippen molar-refractivity contribution in [2.75, 3.05) is 24.6 Å². The van der Waals surface area contributed by atoms with Crippen LogP contribution < -0.4 is 11.1 Å². The van der Waals surface area contributed by atoms with Gasteiger partial charge in [0.1, 0.15) is 5.52 Å². The van der Waals surface area contributed by atoms with Gasteiger partial charge in [-0.1, -0.05) is 0 Å². The number of amides is 1. The molecular formula is C19H23IN8OS. The predicted molar refractivity (Wildman–Crippen MR) is 124 cm³/mol. The first-order chi connectivity index (χ1) is 14.5. The summed E-state index contributed by atoms with van der Waals surface area (Å²) in [5, 5.41) is 3.81. The minimum Gasteiger partial charge on any atom is -0.382 e. The van der Waals surface area contributed by atoms with Gasteiger partial charge in [0.05, 0.1) is 12.0 Å². The van der Waals surface area contributed by atoms with Gasteiger partial charge in [0, 0.05) is 58.9 Å². The predicted octanol–water partition coefficient (Wildman–Crippen LogP) is 2.83. The van der Waals surface area contributed by atoms with Gasteiger partial charge in [-0.05, 0) is 32.7 Å². The fraction of sp³-hybridized carbons (Fsp3) is 0.526. The van der Waals surface area contributed by atoms with E-state index in [1.54, 1.807) is 17.7 Å². The number of nitrogens with two attached hydrogens (primary N) is 1. The number of nitrogen functional groups attached to an aromatic ring is 1. The molecule has 0 radical (unpaired) electrons. The van der Waals surface area contributed by atoms with Crippen LogP contribution in [0.5, 0.6) is 0 Å². The van der Waals surface area contributed by atoms with E-state index in [1.807, 2.05) is 0 Å². The molecule has 1 saturated carbocycles. The number of nitrogens with zero attached hydrogens (tertiary/aromatic N) is 6. The van der Waals surface area contributed by atoms with Gasteiger partial charge < -0.3 is 20.5 Å². The molecule has 3 aromatic heterocycles. The number of nitrogens with one attached hydrogen (secondary N) is 1. The molecule has 9 nitrogen and oxygen atoms in total. The van der Waals surface area contributed by atoms with Crippen LogP contribution in [0.3, 0.4) is 0 Å². The van der Waals surface area contributed by atoms with Crippen molar-refractivity contribution in [2.45, 2.75) is 44.7 Å². The van der Waals surface area contributed by atoms with Crippen LogP contribution in [0.4, 0.5) is 10.9 Å². The molecule has 0 atom stereocenters. The molecule has 5 rings (SSSR count). The summed E-state index contributed by atoms with van der Waals surface area (Å²) in [6, 6.07) is 0.270. The number of imidazole rings is 1. The lowest BCUT2D eigenvalue weighted by molar-refractivity contribution is -0.120. The minimum absolute atomic E-state index is 0.0134. The summed E-state index contributed by atoms with van der Waals surface area (Å²) in [7, 11) is 2.12. The summed E-state index contributed by atoms with van der Waals surface area (Å²) in [5.41, 5.74) is 8.55. The first kappa shape index (κ1) is 20.1. The van der Waals surface area contributed by atoms with E-state index in [2.05, 4.69) is 64.4 Å². The van der Waals surface area contributed by atoms with Crippen LogP contribution in [0.1, 0.15) is 42.3 Å². The zero-order chi connectivity index (χ0) is 20.8. The Morgan fingerprint density at radius 1 is 1.27 bits per heavy atom. The second-order valence-electron chi connectivity index (χ2n) is 8.07. The van der Waals surface area contributed by atoms with Crippen LogP contribution in [-0.2, 0) is 17.8 Å². The van der Waals surface area contributed by atoms with Crippen molar-refractivity contribution < 1.29 is 4.79 Å².